The van der Waals surface area contributed by atoms with Crippen LogP contribution in [0.4, 0.5) is 0 Å². The standard InChI is InChI=1S/C12H12N2O3S2/c1-7-4-2-3-5-8(7)9-6-18-10(12(13)15)11(9)19(14,16)17/h2-6H,1H3,(H2,13,15)(H2,14,16,17). The SMILES string of the molecule is Cc1ccccc1-c1csc(C(N)=O)c1S(N)(=O)=O. The average molecular weight is 296 g/mol. The van der Waals surface area contributed by atoms with Crippen molar-refractivity contribution in [3.8, 4) is 11.1 Å². The molecular weight excluding hydrogens is 284 g/mol. The Bertz CT molecular complexity index is 748. The maximum absolute atomic E-state index is 11.7. The number of hydrogen-bond donors (Lipinski definition) is 2. The van der Waals surface area contributed by atoms with Crippen LogP contribution >= 0.6 is 11.3 Å². The Morgan fingerprint density at radius 3 is 2.37 bits per heavy atom. The van der Waals surface area contributed by atoms with E-state index in [4.69, 9.17) is 10.9 Å². The molecule has 1 aromatic heterocycles. The van der Waals surface area contributed by atoms with Crippen molar-refractivity contribution >= 4 is 27.3 Å². The predicted molar refractivity (Wildman–Crippen MR) is 74.4 cm³/mol. The van der Waals surface area contributed by atoms with E-state index in [9.17, 15) is 13.2 Å². The van der Waals surface area contributed by atoms with Crippen molar-refractivity contribution in [3.05, 3.63) is 40.1 Å². The fourth-order valence-electron chi connectivity index (χ4n) is 1.86. The minimum Gasteiger partial charge on any atom is -0.365 e. The van der Waals surface area contributed by atoms with Gasteiger partial charge in [-0.05, 0) is 18.1 Å². The second-order valence-electron chi connectivity index (χ2n) is 4.03. The zero-order valence-corrected chi connectivity index (χ0v) is 11.7. The van der Waals surface area contributed by atoms with Crippen molar-refractivity contribution < 1.29 is 13.2 Å². The van der Waals surface area contributed by atoms with Gasteiger partial charge in [-0.2, -0.15) is 0 Å². The molecule has 1 amide bonds. The van der Waals surface area contributed by atoms with Crippen molar-refractivity contribution in [3.63, 3.8) is 0 Å². The number of carbonyl (C=O) groups is 1. The summed E-state index contributed by atoms with van der Waals surface area (Å²) in [7, 11) is -4.02. The van der Waals surface area contributed by atoms with Gasteiger partial charge in [0, 0.05) is 10.9 Å². The zero-order chi connectivity index (χ0) is 14.2. The topological polar surface area (TPSA) is 103 Å². The molecule has 0 aliphatic rings. The molecule has 19 heavy (non-hydrogen) atoms. The molecule has 0 radical (unpaired) electrons. The lowest BCUT2D eigenvalue weighted by Crippen LogP contribution is -2.19. The van der Waals surface area contributed by atoms with E-state index in [0.29, 0.717) is 5.56 Å². The van der Waals surface area contributed by atoms with E-state index >= 15 is 0 Å². The number of hydrogen-bond acceptors (Lipinski definition) is 4. The molecule has 1 heterocycles. The van der Waals surface area contributed by atoms with E-state index < -0.39 is 15.9 Å². The van der Waals surface area contributed by atoms with E-state index in [-0.39, 0.29) is 9.77 Å². The van der Waals surface area contributed by atoms with Crippen LogP contribution in [0, 0.1) is 6.92 Å². The summed E-state index contributed by atoms with van der Waals surface area (Å²) in [6, 6.07) is 7.26. The van der Waals surface area contributed by atoms with Crippen molar-refractivity contribution in [2.75, 3.05) is 0 Å². The van der Waals surface area contributed by atoms with E-state index in [1.165, 1.54) is 0 Å². The lowest BCUT2D eigenvalue weighted by Gasteiger charge is -2.07. The molecule has 0 saturated heterocycles. The third kappa shape index (κ3) is 2.53. The number of amides is 1. The third-order valence-electron chi connectivity index (χ3n) is 2.69. The smallest absolute Gasteiger partial charge is 0.260 e. The molecule has 100 valence electrons. The van der Waals surface area contributed by atoms with Crippen LogP contribution in [0.3, 0.4) is 0 Å². The number of sulfonamides is 1. The second kappa shape index (κ2) is 4.76. The number of rotatable bonds is 3. The summed E-state index contributed by atoms with van der Waals surface area (Å²) >= 11 is 0.981. The van der Waals surface area contributed by atoms with Gasteiger partial charge in [-0.15, -0.1) is 11.3 Å². The van der Waals surface area contributed by atoms with Gasteiger partial charge < -0.3 is 5.73 Å². The molecule has 2 rings (SSSR count). The highest BCUT2D eigenvalue weighted by molar-refractivity contribution is 7.89. The van der Waals surface area contributed by atoms with Gasteiger partial charge in [-0.3, -0.25) is 4.79 Å². The van der Waals surface area contributed by atoms with Crippen LogP contribution in [-0.4, -0.2) is 14.3 Å². The van der Waals surface area contributed by atoms with Gasteiger partial charge in [0.25, 0.3) is 5.91 Å². The van der Waals surface area contributed by atoms with Gasteiger partial charge in [-0.1, -0.05) is 24.3 Å². The summed E-state index contributed by atoms with van der Waals surface area (Å²) in [6.45, 7) is 1.85. The van der Waals surface area contributed by atoms with E-state index in [1.54, 1.807) is 17.5 Å². The molecule has 0 saturated carbocycles. The maximum atomic E-state index is 11.7. The first-order valence-corrected chi connectivity index (χ1v) is 7.75. The highest BCUT2D eigenvalue weighted by atomic mass is 32.2. The number of benzene rings is 1. The van der Waals surface area contributed by atoms with Crippen molar-refractivity contribution in [2.45, 2.75) is 11.8 Å². The van der Waals surface area contributed by atoms with Crippen LogP contribution in [-0.2, 0) is 10.0 Å². The number of nitrogens with two attached hydrogens (primary N) is 2. The summed E-state index contributed by atoms with van der Waals surface area (Å²) in [6.07, 6.45) is 0. The van der Waals surface area contributed by atoms with Crippen molar-refractivity contribution in [1.82, 2.24) is 0 Å². The van der Waals surface area contributed by atoms with Crippen molar-refractivity contribution in [1.29, 1.82) is 0 Å². The van der Waals surface area contributed by atoms with Crippen molar-refractivity contribution in [2.24, 2.45) is 10.9 Å². The molecule has 1 aromatic carbocycles. The van der Waals surface area contributed by atoms with Gasteiger partial charge in [0.15, 0.2) is 0 Å². The summed E-state index contributed by atoms with van der Waals surface area (Å²) < 4.78 is 23.4. The van der Waals surface area contributed by atoms with Gasteiger partial charge in [-0.25, -0.2) is 13.6 Å². The van der Waals surface area contributed by atoms with Crippen LogP contribution in [0.1, 0.15) is 15.2 Å². The second-order valence-corrected chi connectivity index (χ2v) is 6.41. The zero-order valence-electron chi connectivity index (χ0n) is 10.1. The normalized spacial score (nSPS) is 11.5. The number of carbonyl (C=O) groups excluding carboxylic acids is 1. The molecule has 2 aromatic rings. The molecule has 0 fully saturated rings. The fraction of sp³-hybridized carbons (Fsp3) is 0.0833. The Hall–Kier alpha value is -1.70. The maximum Gasteiger partial charge on any atom is 0.260 e. The van der Waals surface area contributed by atoms with Crippen LogP contribution in [0.15, 0.2) is 34.5 Å². The number of aryl methyl sites for hydroxylation is 1. The monoisotopic (exact) mass is 296 g/mol. The molecule has 0 atom stereocenters. The fourth-order valence-corrected chi connectivity index (χ4v) is 4.08. The van der Waals surface area contributed by atoms with E-state index in [1.807, 2.05) is 19.1 Å². The van der Waals surface area contributed by atoms with Crippen LogP contribution in [0.25, 0.3) is 11.1 Å². The van der Waals surface area contributed by atoms with E-state index in [2.05, 4.69) is 0 Å². The molecular formula is C12H12N2O3S2. The molecule has 0 unspecified atom stereocenters. The minimum atomic E-state index is -4.02. The third-order valence-corrected chi connectivity index (χ3v) is 4.81. The first-order valence-electron chi connectivity index (χ1n) is 5.32. The molecule has 0 aliphatic carbocycles. The molecule has 0 bridgehead atoms. The number of primary sulfonamides is 1. The summed E-state index contributed by atoms with van der Waals surface area (Å²) in [5.74, 6) is -0.797. The lowest BCUT2D eigenvalue weighted by atomic mass is 10.0. The summed E-state index contributed by atoms with van der Waals surface area (Å²) in [4.78, 5) is 11.1. The average Bonchev–Trinajstić information content (AvgIpc) is 2.73. The number of thiophene rings is 1. The van der Waals surface area contributed by atoms with Gasteiger partial charge in [0.05, 0.1) is 0 Å². The Labute approximate surface area is 114 Å². The Morgan fingerprint density at radius 1 is 1.21 bits per heavy atom. The van der Waals surface area contributed by atoms with Gasteiger partial charge in [0.2, 0.25) is 10.0 Å². The lowest BCUT2D eigenvalue weighted by molar-refractivity contribution is 0.100. The first-order chi connectivity index (χ1) is 8.82. The number of primary amides is 1. The quantitative estimate of drug-likeness (QED) is 0.896. The Morgan fingerprint density at radius 2 is 1.84 bits per heavy atom. The predicted octanol–water partition coefficient (Wildman–Crippen LogP) is 1.47. The van der Waals surface area contributed by atoms with Gasteiger partial charge >= 0.3 is 0 Å². The van der Waals surface area contributed by atoms with Crippen LogP contribution < -0.4 is 10.9 Å². The first kappa shape index (κ1) is 13.7. The molecule has 7 heteroatoms. The Kier molecular flexibility index (Phi) is 3.44. The summed E-state index contributed by atoms with van der Waals surface area (Å²) in [5.41, 5.74) is 7.22. The highest BCUT2D eigenvalue weighted by Gasteiger charge is 2.25. The Balaban J connectivity index is 2.80. The molecule has 0 aliphatic heterocycles. The molecule has 4 N–H and O–H groups in total. The van der Waals surface area contributed by atoms with Crippen LogP contribution in [0.2, 0.25) is 0 Å². The summed E-state index contributed by atoms with van der Waals surface area (Å²) in [5, 5.41) is 6.78. The molecule has 0 spiro atoms. The van der Waals surface area contributed by atoms with Gasteiger partial charge in [0.1, 0.15) is 9.77 Å². The van der Waals surface area contributed by atoms with E-state index in [0.717, 1.165) is 22.5 Å². The highest BCUT2D eigenvalue weighted by Crippen LogP contribution is 2.35. The largest absolute Gasteiger partial charge is 0.365 e. The minimum absolute atomic E-state index is 0.0410. The molecule has 5 nitrogen and oxygen atoms in total. The van der Waals surface area contributed by atoms with Crippen LogP contribution in [0.5, 0.6) is 0 Å².